The lowest BCUT2D eigenvalue weighted by molar-refractivity contribution is 0.131. The SMILES string of the molecule is CC(C)(C)Oc1ccc(Oc2ccc(Oc3ccc(Sc4ccc(C(C)(C)C)cc4)cc3)cc2)cc1. The minimum absolute atomic E-state index is 0.166. The highest BCUT2D eigenvalue weighted by molar-refractivity contribution is 7.99. The molecule has 0 aliphatic carbocycles. The highest BCUT2D eigenvalue weighted by atomic mass is 32.2. The second-order valence-electron chi connectivity index (χ2n) is 10.7. The molecular weight excluding hydrogens is 464 g/mol. The van der Waals surface area contributed by atoms with E-state index in [1.165, 1.54) is 15.4 Å². The summed E-state index contributed by atoms with van der Waals surface area (Å²) in [6.07, 6.45) is 0. The van der Waals surface area contributed by atoms with Crippen LogP contribution in [0.5, 0.6) is 28.7 Å². The highest BCUT2D eigenvalue weighted by Crippen LogP contribution is 2.33. The molecular formula is C32H34O3S. The Morgan fingerprint density at radius 1 is 0.444 bits per heavy atom. The van der Waals surface area contributed by atoms with Crippen LogP contribution >= 0.6 is 11.8 Å². The van der Waals surface area contributed by atoms with Gasteiger partial charge in [0, 0.05) is 9.79 Å². The van der Waals surface area contributed by atoms with E-state index in [1.807, 2.05) is 81.4 Å². The standard InChI is InChI=1S/C32H34O3S/c1-31(2,3)23-7-19-29(20-8-23)36-30-21-17-27(18-22-30)34-25-11-9-24(10-12-25)33-26-13-15-28(16-14-26)35-32(4,5)6/h7-22H,1-6H3. The van der Waals surface area contributed by atoms with Gasteiger partial charge in [0.2, 0.25) is 0 Å². The summed E-state index contributed by atoms with van der Waals surface area (Å²) in [6, 6.07) is 32.2. The molecule has 4 rings (SSSR count). The van der Waals surface area contributed by atoms with Crippen LogP contribution in [0.1, 0.15) is 47.1 Å². The minimum atomic E-state index is -0.226. The second kappa shape index (κ2) is 10.7. The summed E-state index contributed by atoms with van der Waals surface area (Å²) in [4.78, 5) is 2.40. The molecule has 0 atom stereocenters. The van der Waals surface area contributed by atoms with Crippen molar-refractivity contribution in [1.29, 1.82) is 0 Å². The van der Waals surface area contributed by atoms with Crippen LogP contribution in [0.15, 0.2) is 107 Å². The van der Waals surface area contributed by atoms with Gasteiger partial charge in [-0.15, -0.1) is 0 Å². The Kier molecular flexibility index (Phi) is 7.65. The van der Waals surface area contributed by atoms with E-state index in [0.717, 1.165) is 28.7 Å². The summed E-state index contributed by atoms with van der Waals surface area (Å²) in [6.45, 7) is 12.8. The molecule has 0 saturated heterocycles. The first-order valence-corrected chi connectivity index (χ1v) is 13.0. The molecule has 0 fully saturated rings. The summed E-state index contributed by atoms with van der Waals surface area (Å²) in [7, 11) is 0. The van der Waals surface area contributed by atoms with Crippen molar-refractivity contribution in [3.8, 4) is 28.7 Å². The molecule has 3 nitrogen and oxygen atoms in total. The summed E-state index contributed by atoms with van der Waals surface area (Å²) in [5.74, 6) is 3.88. The van der Waals surface area contributed by atoms with Gasteiger partial charge in [-0.1, -0.05) is 44.7 Å². The Balaban J connectivity index is 1.31. The van der Waals surface area contributed by atoms with Crippen molar-refractivity contribution in [2.75, 3.05) is 0 Å². The van der Waals surface area contributed by atoms with Gasteiger partial charge in [-0.05, 0) is 117 Å². The van der Waals surface area contributed by atoms with Crippen LogP contribution in [0.25, 0.3) is 0 Å². The third kappa shape index (κ3) is 7.56. The van der Waals surface area contributed by atoms with Crippen molar-refractivity contribution in [1.82, 2.24) is 0 Å². The van der Waals surface area contributed by atoms with Gasteiger partial charge in [-0.2, -0.15) is 0 Å². The van der Waals surface area contributed by atoms with Crippen molar-refractivity contribution in [3.63, 3.8) is 0 Å². The van der Waals surface area contributed by atoms with E-state index in [9.17, 15) is 0 Å². The zero-order valence-electron chi connectivity index (χ0n) is 21.9. The molecule has 0 aliphatic heterocycles. The van der Waals surface area contributed by atoms with Crippen molar-refractivity contribution in [2.45, 2.75) is 62.3 Å². The number of hydrogen-bond donors (Lipinski definition) is 0. The molecule has 4 heteroatoms. The van der Waals surface area contributed by atoms with Crippen LogP contribution in [0.2, 0.25) is 0 Å². The predicted octanol–water partition coefficient (Wildman–Crippen LogP) is 9.90. The molecule has 0 spiro atoms. The predicted molar refractivity (Wildman–Crippen MR) is 149 cm³/mol. The number of hydrogen-bond acceptors (Lipinski definition) is 4. The molecule has 0 N–H and O–H groups in total. The minimum Gasteiger partial charge on any atom is -0.488 e. The van der Waals surface area contributed by atoms with Crippen LogP contribution < -0.4 is 14.2 Å². The normalized spacial score (nSPS) is 11.7. The van der Waals surface area contributed by atoms with Crippen LogP contribution in [-0.2, 0) is 5.41 Å². The monoisotopic (exact) mass is 498 g/mol. The Bertz CT molecular complexity index is 1250. The smallest absolute Gasteiger partial charge is 0.127 e. The number of benzene rings is 4. The maximum absolute atomic E-state index is 6.02. The van der Waals surface area contributed by atoms with Crippen molar-refractivity contribution < 1.29 is 14.2 Å². The van der Waals surface area contributed by atoms with E-state index in [0.29, 0.717) is 0 Å². The molecule has 186 valence electrons. The van der Waals surface area contributed by atoms with E-state index < -0.39 is 0 Å². The van der Waals surface area contributed by atoms with Gasteiger partial charge in [0.15, 0.2) is 0 Å². The summed E-state index contributed by atoms with van der Waals surface area (Å²) in [5.41, 5.74) is 1.28. The molecule has 0 unspecified atom stereocenters. The first kappa shape index (κ1) is 25.7. The summed E-state index contributed by atoms with van der Waals surface area (Å²) in [5, 5.41) is 0. The molecule has 36 heavy (non-hydrogen) atoms. The lowest BCUT2D eigenvalue weighted by Gasteiger charge is -2.21. The van der Waals surface area contributed by atoms with Gasteiger partial charge >= 0.3 is 0 Å². The lowest BCUT2D eigenvalue weighted by Crippen LogP contribution is -2.22. The lowest BCUT2D eigenvalue weighted by atomic mass is 9.87. The zero-order chi connectivity index (χ0) is 25.8. The summed E-state index contributed by atoms with van der Waals surface area (Å²) < 4.78 is 17.8. The molecule has 0 bridgehead atoms. The van der Waals surface area contributed by atoms with Gasteiger partial charge in [-0.3, -0.25) is 0 Å². The fourth-order valence-corrected chi connectivity index (χ4v) is 4.33. The van der Waals surface area contributed by atoms with Crippen LogP contribution in [0.4, 0.5) is 0 Å². The van der Waals surface area contributed by atoms with E-state index in [-0.39, 0.29) is 11.0 Å². The molecule has 0 saturated carbocycles. The number of rotatable bonds is 7. The van der Waals surface area contributed by atoms with E-state index in [4.69, 9.17) is 14.2 Å². The topological polar surface area (TPSA) is 27.7 Å². The molecule has 4 aromatic carbocycles. The quantitative estimate of drug-likeness (QED) is 0.253. The molecule has 0 radical (unpaired) electrons. The third-order valence-electron chi connectivity index (χ3n) is 5.32. The van der Waals surface area contributed by atoms with Gasteiger partial charge in [0.25, 0.3) is 0 Å². The van der Waals surface area contributed by atoms with E-state index >= 15 is 0 Å². The summed E-state index contributed by atoms with van der Waals surface area (Å²) >= 11 is 1.75. The van der Waals surface area contributed by atoms with Crippen molar-refractivity contribution in [3.05, 3.63) is 103 Å². The average molecular weight is 499 g/mol. The number of ether oxygens (including phenoxy) is 3. The maximum Gasteiger partial charge on any atom is 0.127 e. The van der Waals surface area contributed by atoms with Crippen LogP contribution in [0, 0.1) is 0 Å². The molecule has 0 amide bonds. The van der Waals surface area contributed by atoms with Crippen LogP contribution in [-0.4, -0.2) is 5.60 Å². The molecule has 0 heterocycles. The Labute approximate surface area is 219 Å². The Morgan fingerprint density at radius 3 is 1.14 bits per heavy atom. The van der Waals surface area contributed by atoms with E-state index in [1.54, 1.807) is 11.8 Å². The second-order valence-corrected chi connectivity index (χ2v) is 11.9. The molecule has 0 aliphatic rings. The Morgan fingerprint density at radius 2 is 0.778 bits per heavy atom. The van der Waals surface area contributed by atoms with Gasteiger partial charge in [-0.25, -0.2) is 0 Å². The molecule has 0 aromatic heterocycles. The molecule has 4 aromatic rings. The van der Waals surface area contributed by atoms with E-state index in [2.05, 4.69) is 57.2 Å². The van der Waals surface area contributed by atoms with Gasteiger partial charge in [0.1, 0.15) is 34.3 Å². The first-order valence-electron chi connectivity index (χ1n) is 12.2. The highest BCUT2D eigenvalue weighted by Gasteiger charge is 2.13. The van der Waals surface area contributed by atoms with Crippen LogP contribution in [0.3, 0.4) is 0 Å². The maximum atomic E-state index is 6.02. The fourth-order valence-electron chi connectivity index (χ4n) is 3.51. The Hall–Kier alpha value is -3.37. The van der Waals surface area contributed by atoms with Gasteiger partial charge in [0.05, 0.1) is 0 Å². The largest absolute Gasteiger partial charge is 0.488 e. The fraction of sp³-hybridized carbons (Fsp3) is 0.250. The zero-order valence-corrected chi connectivity index (χ0v) is 22.7. The van der Waals surface area contributed by atoms with Gasteiger partial charge < -0.3 is 14.2 Å². The first-order chi connectivity index (χ1) is 17.0. The average Bonchev–Trinajstić information content (AvgIpc) is 2.82. The van der Waals surface area contributed by atoms with Crippen molar-refractivity contribution >= 4 is 11.8 Å². The van der Waals surface area contributed by atoms with Crippen molar-refractivity contribution in [2.24, 2.45) is 0 Å². The third-order valence-corrected chi connectivity index (χ3v) is 6.34.